The Balaban J connectivity index is 0.936. The summed E-state index contributed by atoms with van der Waals surface area (Å²) in [5.41, 5.74) is 4.33. The second kappa shape index (κ2) is 13.5. The van der Waals surface area contributed by atoms with Gasteiger partial charge in [0.15, 0.2) is 0 Å². The molecule has 0 radical (unpaired) electrons. The van der Waals surface area contributed by atoms with Crippen molar-refractivity contribution >= 4 is 6.16 Å². The molecule has 0 aromatic heterocycles. The van der Waals surface area contributed by atoms with Gasteiger partial charge in [-0.2, -0.15) is 0 Å². The third-order valence-electron chi connectivity index (χ3n) is 11.6. The normalized spacial score (nSPS) is 28.9. The maximum Gasteiger partial charge on any atom is 0.505 e. The highest BCUT2D eigenvalue weighted by Gasteiger charge is 2.71. The summed E-state index contributed by atoms with van der Waals surface area (Å²) in [7, 11) is 0. The van der Waals surface area contributed by atoms with Gasteiger partial charge < -0.3 is 19.7 Å². The molecule has 238 valence electrons. The highest BCUT2D eigenvalue weighted by Crippen LogP contribution is 2.65. The summed E-state index contributed by atoms with van der Waals surface area (Å²) in [5, 5.41) is 21.0. The molecule has 1 aromatic rings. The molecule has 2 bridgehead atoms. The Hall–Kier alpha value is -2.05. The molecule has 1 aromatic carbocycles. The molecule has 0 amide bonds. The van der Waals surface area contributed by atoms with E-state index in [1.807, 2.05) is 0 Å². The Morgan fingerprint density at radius 1 is 0.953 bits per heavy atom. The predicted molar refractivity (Wildman–Crippen MR) is 170 cm³/mol. The van der Waals surface area contributed by atoms with Gasteiger partial charge in [-0.05, 0) is 87.0 Å². The molecule has 6 nitrogen and oxygen atoms in total. The minimum absolute atomic E-state index is 0.0644. The molecule has 2 aliphatic heterocycles. The van der Waals surface area contributed by atoms with Crippen molar-refractivity contribution < 1.29 is 24.5 Å². The summed E-state index contributed by atoms with van der Waals surface area (Å²) in [5.74, 6) is 1.96. The first kappa shape index (κ1) is 31.0. The van der Waals surface area contributed by atoms with Crippen LogP contribution in [0.4, 0.5) is 4.79 Å². The van der Waals surface area contributed by atoms with Gasteiger partial charge in [-0.1, -0.05) is 89.3 Å². The third kappa shape index (κ3) is 6.25. The molecular weight excluding hydrogens is 538 g/mol. The van der Waals surface area contributed by atoms with Crippen molar-refractivity contribution in [3.8, 4) is 5.75 Å². The van der Waals surface area contributed by atoms with Gasteiger partial charge in [0.05, 0.1) is 17.6 Å². The predicted octanol–water partition coefficient (Wildman–Crippen LogP) is 8.12. The van der Waals surface area contributed by atoms with E-state index in [0.717, 1.165) is 69.7 Å². The van der Waals surface area contributed by atoms with Crippen LogP contribution in [0.5, 0.6) is 5.75 Å². The van der Waals surface area contributed by atoms with Crippen molar-refractivity contribution in [3.63, 3.8) is 0 Å². The van der Waals surface area contributed by atoms with E-state index in [2.05, 4.69) is 28.3 Å². The molecule has 3 fully saturated rings. The van der Waals surface area contributed by atoms with E-state index in [-0.39, 0.29) is 17.6 Å². The van der Waals surface area contributed by atoms with Gasteiger partial charge in [0.2, 0.25) is 0 Å². The van der Waals surface area contributed by atoms with Gasteiger partial charge in [-0.15, -0.1) is 0 Å². The van der Waals surface area contributed by atoms with Crippen LogP contribution in [0.15, 0.2) is 24.3 Å². The highest BCUT2D eigenvalue weighted by molar-refractivity contribution is 5.62. The summed E-state index contributed by atoms with van der Waals surface area (Å²) in [6, 6.07) is 4.95. The quantitative estimate of drug-likeness (QED) is 0.102. The summed E-state index contributed by atoms with van der Waals surface area (Å²) < 4.78 is 11.4. The largest absolute Gasteiger partial charge is 0.505 e. The van der Waals surface area contributed by atoms with E-state index in [1.54, 1.807) is 0 Å². The number of unbranched alkanes of at least 4 members (excludes halogenated alkanes) is 12. The number of rotatable bonds is 18. The second-order valence-corrected chi connectivity index (χ2v) is 14.5. The molecule has 4 atom stereocenters. The Bertz CT molecular complexity index is 1150. The smallest absolute Gasteiger partial charge is 0.484 e. The number of aliphatic hydroxyl groups is 1. The summed E-state index contributed by atoms with van der Waals surface area (Å²) >= 11 is 0. The third-order valence-corrected chi connectivity index (χ3v) is 11.6. The van der Waals surface area contributed by atoms with E-state index in [9.17, 15) is 9.90 Å². The lowest BCUT2D eigenvalue weighted by Gasteiger charge is -2.63. The van der Waals surface area contributed by atoms with Gasteiger partial charge in [0, 0.05) is 18.2 Å². The van der Waals surface area contributed by atoms with Crippen LogP contribution < -0.4 is 4.74 Å². The number of benzene rings is 1. The van der Waals surface area contributed by atoms with E-state index in [4.69, 9.17) is 9.84 Å². The molecule has 2 heterocycles. The van der Waals surface area contributed by atoms with Crippen LogP contribution in [0.1, 0.15) is 132 Å². The summed E-state index contributed by atoms with van der Waals surface area (Å²) in [6.07, 6.45) is 22.2. The van der Waals surface area contributed by atoms with E-state index in [1.165, 1.54) is 106 Å². The number of hydrogen-bond donors (Lipinski definition) is 2. The molecule has 6 rings (SSSR count). The lowest BCUT2D eigenvalue weighted by Crippen LogP contribution is -2.75. The van der Waals surface area contributed by atoms with E-state index >= 15 is 0 Å². The lowest BCUT2D eigenvalue weighted by atomic mass is 9.48. The average Bonchev–Trinajstić information content (AvgIpc) is 3.73. The molecule has 5 aliphatic rings. The zero-order chi connectivity index (χ0) is 29.9. The fraction of sp³-hybridized carbons (Fsp3) is 0.757. The number of aryl methyl sites for hydroxylation is 1. The maximum atomic E-state index is 12.6. The van der Waals surface area contributed by atoms with Crippen LogP contribution in [0.3, 0.4) is 0 Å². The van der Waals surface area contributed by atoms with Gasteiger partial charge >= 0.3 is 6.16 Å². The number of piperidine rings is 1. The fourth-order valence-electron chi connectivity index (χ4n) is 9.18. The summed E-state index contributed by atoms with van der Waals surface area (Å²) in [4.78, 5) is 13.0. The van der Waals surface area contributed by atoms with Gasteiger partial charge in [0.1, 0.15) is 11.9 Å². The van der Waals surface area contributed by atoms with Crippen molar-refractivity contribution in [3.05, 3.63) is 41.0 Å². The molecule has 1 unspecified atom stereocenters. The van der Waals surface area contributed by atoms with Gasteiger partial charge in [-0.25, -0.2) is 4.79 Å². The molecule has 2 saturated carbocycles. The average molecular weight is 594 g/mol. The molecule has 43 heavy (non-hydrogen) atoms. The second-order valence-electron chi connectivity index (χ2n) is 14.5. The van der Waals surface area contributed by atoms with Crippen molar-refractivity contribution in [2.75, 3.05) is 19.7 Å². The van der Waals surface area contributed by atoms with Crippen LogP contribution in [0, 0.1) is 5.92 Å². The van der Waals surface area contributed by atoms with E-state index < -0.39 is 11.8 Å². The van der Waals surface area contributed by atoms with Crippen LogP contribution in [-0.4, -0.2) is 58.7 Å². The monoisotopic (exact) mass is 593 g/mol. The number of likely N-dealkylation sites (tertiary alicyclic amines) is 1. The number of hydrogen-bond acceptors (Lipinski definition) is 5. The highest BCUT2D eigenvalue weighted by atomic mass is 16.7. The van der Waals surface area contributed by atoms with Gasteiger partial charge in [-0.3, -0.25) is 4.90 Å². The van der Waals surface area contributed by atoms with Crippen molar-refractivity contribution in [2.45, 2.75) is 152 Å². The maximum absolute atomic E-state index is 12.6. The SMILES string of the molecule is C=C1CC[C@@]2(O)C3Cc4ccc(CCCCCCCCCCCCCCCOC(=O)O)c5c4[C@@]2(CCN3CC2CC2)[C@H]1O5. The Labute approximate surface area is 259 Å². The minimum atomic E-state index is -1.16. The number of carboxylic acid groups (broad SMARTS) is 1. The van der Waals surface area contributed by atoms with Crippen molar-refractivity contribution in [1.82, 2.24) is 4.90 Å². The summed E-state index contributed by atoms with van der Waals surface area (Å²) in [6.45, 7) is 7.05. The topological polar surface area (TPSA) is 79.2 Å². The van der Waals surface area contributed by atoms with Crippen LogP contribution in [0.25, 0.3) is 0 Å². The van der Waals surface area contributed by atoms with Crippen LogP contribution in [0.2, 0.25) is 0 Å². The Kier molecular flexibility index (Phi) is 9.73. The Morgan fingerprint density at radius 3 is 2.26 bits per heavy atom. The van der Waals surface area contributed by atoms with Gasteiger partial charge in [0.25, 0.3) is 0 Å². The zero-order valence-corrected chi connectivity index (χ0v) is 26.4. The molecule has 1 saturated heterocycles. The molecule has 3 aliphatic carbocycles. The standard InChI is InChI=1S/C37H55NO5/c1-27-20-21-37(41)31-25-30-19-18-29(33-32(30)36(37,34(27)43-33)22-23-38(31)26-28-16-17-28)15-13-11-9-7-5-3-2-4-6-8-10-12-14-24-42-35(39)40/h18-19,28,31,34,41H,1-17,20-26H2,(H,39,40)/t31?,34-,36-,37+/m0/s1. The van der Waals surface area contributed by atoms with Crippen molar-refractivity contribution in [2.24, 2.45) is 5.92 Å². The molecule has 1 spiro atoms. The van der Waals surface area contributed by atoms with Crippen LogP contribution >= 0.6 is 0 Å². The fourth-order valence-corrected chi connectivity index (χ4v) is 9.18. The molecule has 2 N–H and O–H groups in total. The van der Waals surface area contributed by atoms with Crippen molar-refractivity contribution in [1.29, 1.82) is 0 Å². The first-order chi connectivity index (χ1) is 20.9. The molecular formula is C37H55NO5. The Morgan fingerprint density at radius 2 is 1.60 bits per heavy atom. The lowest BCUT2D eigenvalue weighted by molar-refractivity contribution is -0.174. The zero-order valence-electron chi connectivity index (χ0n) is 26.4. The number of ether oxygens (including phenoxy) is 2. The number of carbonyl (C=O) groups is 1. The first-order valence-electron chi connectivity index (χ1n) is 17.8. The minimum Gasteiger partial charge on any atom is -0.484 e. The number of nitrogens with zero attached hydrogens (tertiary/aromatic N) is 1. The first-order valence-corrected chi connectivity index (χ1v) is 17.8. The van der Waals surface area contributed by atoms with E-state index in [0.29, 0.717) is 6.61 Å². The van der Waals surface area contributed by atoms with Crippen LogP contribution in [-0.2, 0) is 23.0 Å². The molecule has 6 heteroatoms.